The van der Waals surface area contributed by atoms with Gasteiger partial charge in [0, 0.05) is 17.0 Å². The van der Waals surface area contributed by atoms with Crippen LogP contribution in [0.5, 0.6) is 0 Å². The molecule has 0 spiro atoms. The van der Waals surface area contributed by atoms with Gasteiger partial charge >= 0.3 is 0 Å². The van der Waals surface area contributed by atoms with Crippen molar-refractivity contribution in [3.8, 4) is 0 Å². The van der Waals surface area contributed by atoms with Gasteiger partial charge in [0.1, 0.15) is 0 Å². The van der Waals surface area contributed by atoms with Crippen molar-refractivity contribution in [1.29, 1.82) is 0 Å². The molecule has 0 saturated carbocycles. The van der Waals surface area contributed by atoms with Gasteiger partial charge in [0.25, 0.3) is 5.91 Å². The number of thioether (sulfide) groups is 1. The first-order valence-corrected chi connectivity index (χ1v) is 8.10. The molecule has 4 heteroatoms. The van der Waals surface area contributed by atoms with E-state index in [-0.39, 0.29) is 11.9 Å². The molecule has 3 nitrogen and oxygen atoms in total. The van der Waals surface area contributed by atoms with Crippen LogP contribution in [0.15, 0.2) is 53.4 Å². The van der Waals surface area contributed by atoms with Crippen molar-refractivity contribution >= 4 is 17.7 Å². The van der Waals surface area contributed by atoms with Crippen LogP contribution in [0.25, 0.3) is 0 Å². The van der Waals surface area contributed by atoms with E-state index in [9.17, 15) is 4.79 Å². The van der Waals surface area contributed by atoms with Crippen LogP contribution in [0.2, 0.25) is 0 Å². The normalized spacial score (nSPS) is 12.0. The molecule has 110 valence electrons. The number of rotatable bonds is 5. The Kier molecular flexibility index (Phi) is 5.42. The molecule has 0 fully saturated rings. The van der Waals surface area contributed by atoms with E-state index in [2.05, 4.69) is 17.4 Å². The van der Waals surface area contributed by atoms with Gasteiger partial charge in [-0.1, -0.05) is 24.3 Å². The fourth-order valence-electron chi connectivity index (χ4n) is 2.05. The number of carbonyl (C=O) groups is 1. The third kappa shape index (κ3) is 4.09. The van der Waals surface area contributed by atoms with Crippen molar-refractivity contribution in [2.75, 3.05) is 6.26 Å². The fraction of sp³-hybridized carbons (Fsp3) is 0.235. The third-order valence-corrected chi connectivity index (χ3v) is 4.16. The highest BCUT2D eigenvalue weighted by molar-refractivity contribution is 7.98. The Hall–Kier alpha value is -1.78. The monoisotopic (exact) mass is 300 g/mol. The number of nitrogens with two attached hydrogens (primary N) is 1. The molecule has 2 aromatic carbocycles. The van der Waals surface area contributed by atoms with Gasteiger partial charge in [0.05, 0.1) is 6.04 Å². The van der Waals surface area contributed by atoms with Crippen molar-refractivity contribution in [2.24, 2.45) is 5.73 Å². The lowest BCUT2D eigenvalue weighted by Crippen LogP contribution is -2.26. The van der Waals surface area contributed by atoms with Gasteiger partial charge in [0.15, 0.2) is 0 Å². The summed E-state index contributed by atoms with van der Waals surface area (Å²) in [6, 6.07) is 15.6. The summed E-state index contributed by atoms with van der Waals surface area (Å²) in [6.07, 6.45) is 2.05. The van der Waals surface area contributed by atoms with Gasteiger partial charge < -0.3 is 11.1 Å². The molecule has 0 aliphatic heterocycles. The van der Waals surface area contributed by atoms with E-state index in [4.69, 9.17) is 5.73 Å². The molecular weight excluding hydrogens is 280 g/mol. The largest absolute Gasteiger partial charge is 0.346 e. The molecular formula is C17H20N2OS. The Morgan fingerprint density at radius 2 is 1.76 bits per heavy atom. The molecule has 0 heterocycles. The maximum absolute atomic E-state index is 12.2. The Balaban J connectivity index is 2.03. The fourth-order valence-corrected chi connectivity index (χ4v) is 2.46. The number of hydrogen-bond acceptors (Lipinski definition) is 3. The minimum absolute atomic E-state index is 0.0254. The molecule has 0 aliphatic carbocycles. The van der Waals surface area contributed by atoms with Crippen LogP contribution < -0.4 is 11.1 Å². The summed E-state index contributed by atoms with van der Waals surface area (Å²) in [5, 5.41) is 3.01. The topological polar surface area (TPSA) is 55.1 Å². The van der Waals surface area contributed by atoms with E-state index in [0.29, 0.717) is 12.1 Å². The zero-order valence-corrected chi connectivity index (χ0v) is 13.1. The zero-order chi connectivity index (χ0) is 15.2. The molecule has 21 heavy (non-hydrogen) atoms. The summed E-state index contributed by atoms with van der Waals surface area (Å²) >= 11 is 1.71. The van der Waals surface area contributed by atoms with E-state index in [0.717, 1.165) is 11.1 Å². The minimum atomic E-state index is -0.0694. The standard InChI is InChI=1S/C17H20N2OS/c1-12(14-7-9-16(21-2)10-8-14)19-17(20)15-5-3-13(11-18)4-6-15/h3-10,12H,11,18H2,1-2H3,(H,19,20). The first-order valence-electron chi connectivity index (χ1n) is 6.88. The lowest BCUT2D eigenvalue weighted by molar-refractivity contribution is 0.0940. The summed E-state index contributed by atoms with van der Waals surface area (Å²) < 4.78 is 0. The molecule has 0 aliphatic rings. The maximum atomic E-state index is 12.2. The number of carbonyl (C=O) groups excluding carboxylic acids is 1. The van der Waals surface area contributed by atoms with E-state index in [1.807, 2.05) is 37.4 Å². The quantitative estimate of drug-likeness (QED) is 0.833. The zero-order valence-electron chi connectivity index (χ0n) is 12.3. The Morgan fingerprint density at radius 3 is 2.29 bits per heavy atom. The Morgan fingerprint density at radius 1 is 1.14 bits per heavy atom. The lowest BCUT2D eigenvalue weighted by atomic mass is 10.1. The summed E-state index contributed by atoms with van der Waals surface area (Å²) in [7, 11) is 0. The average Bonchev–Trinajstić information content (AvgIpc) is 2.55. The molecule has 1 atom stereocenters. The predicted molar refractivity (Wildman–Crippen MR) is 88.4 cm³/mol. The average molecular weight is 300 g/mol. The first kappa shape index (κ1) is 15.6. The van der Waals surface area contributed by atoms with E-state index in [1.165, 1.54) is 4.90 Å². The van der Waals surface area contributed by atoms with E-state index < -0.39 is 0 Å². The molecule has 0 radical (unpaired) electrons. The van der Waals surface area contributed by atoms with Crippen molar-refractivity contribution in [3.05, 3.63) is 65.2 Å². The molecule has 2 aromatic rings. The molecule has 3 N–H and O–H groups in total. The van der Waals surface area contributed by atoms with Gasteiger partial charge in [-0.3, -0.25) is 4.79 Å². The van der Waals surface area contributed by atoms with Gasteiger partial charge in [0.2, 0.25) is 0 Å². The summed E-state index contributed by atoms with van der Waals surface area (Å²) in [6.45, 7) is 2.47. The Labute approximate surface area is 129 Å². The summed E-state index contributed by atoms with van der Waals surface area (Å²) in [4.78, 5) is 13.4. The summed E-state index contributed by atoms with van der Waals surface area (Å²) in [5.41, 5.74) is 8.32. The van der Waals surface area contributed by atoms with Gasteiger partial charge in [-0.2, -0.15) is 0 Å². The van der Waals surface area contributed by atoms with Crippen molar-refractivity contribution in [3.63, 3.8) is 0 Å². The van der Waals surface area contributed by atoms with Crippen LogP contribution in [0, 0.1) is 0 Å². The van der Waals surface area contributed by atoms with Crippen LogP contribution in [0.1, 0.15) is 34.5 Å². The lowest BCUT2D eigenvalue weighted by Gasteiger charge is -2.15. The van der Waals surface area contributed by atoms with Crippen LogP contribution in [0.4, 0.5) is 0 Å². The second-order valence-corrected chi connectivity index (χ2v) is 5.75. The van der Waals surface area contributed by atoms with E-state index >= 15 is 0 Å². The van der Waals surface area contributed by atoms with Gasteiger partial charge in [-0.15, -0.1) is 11.8 Å². The number of amides is 1. The molecule has 0 aromatic heterocycles. The molecule has 0 bridgehead atoms. The van der Waals surface area contributed by atoms with Crippen molar-refractivity contribution in [1.82, 2.24) is 5.32 Å². The minimum Gasteiger partial charge on any atom is -0.346 e. The number of nitrogens with one attached hydrogen (secondary N) is 1. The predicted octanol–water partition coefficient (Wildman–Crippen LogP) is 3.36. The summed E-state index contributed by atoms with van der Waals surface area (Å²) in [5.74, 6) is -0.0694. The second kappa shape index (κ2) is 7.29. The van der Waals surface area contributed by atoms with Crippen LogP contribution in [0.3, 0.4) is 0 Å². The first-order chi connectivity index (χ1) is 10.1. The molecule has 1 amide bonds. The molecule has 0 saturated heterocycles. The highest BCUT2D eigenvalue weighted by Crippen LogP contribution is 2.19. The second-order valence-electron chi connectivity index (χ2n) is 4.87. The smallest absolute Gasteiger partial charge is 0.251 e. The van der Waals surface area contributed by atoms with Gasteiger partial charge in [-0.25, -0.2) is 0 Å². The molecule has 2 rings (SSSR count). The maximum Gasteiger partial charge on any atom is 0.251 e. The van der Waals surface area contributed by atoms with Crippen molar-refractivity contribution in [2.45, 2.75) is 24.4 Å². The highest BCUT2D eigenvalue weighted by atomic mass is 32.2. The highest BCUT2D eigenvalue weighted by Gasteiger charge is 2.11. The van der Waals surface area contributed by atoms with Crippen LogP contribution in [-0.2, 0) is 6.54 Å². The number of benzene rings is 2. The van der Waals surface area contributed by atoms with Crippen LogP contribution in [-0.4, -0.2) is 12.2 Å². The van der Waals surface area contributed by atoms with E-state index in [1.54, 1.807) is 23.9 Å². The van der Waals surface area contributed by atoms with Crippen molar-refractivity contribution < 1.29 is 4.79 Å². The number of hydrogen-bond donors (Lipinski definition) is 2. The molecule has 1 unspecified atom stereocenters. The Bertz CT molecular complexity index is 593. The van der Waals surface area contributed by atoms with Crippen LogP contribution >= 0.6 is 11.8 Å². The van der Waals surface area contributed by atoms with Gasteiger partial charge in [-0.05, 0) is 48.6 Å². The third-order valence-electron chi connectivity index (χ3n) is 3.42. The SMILES string of the molecule is CSc1ccc(C(C)NC(=O)c2ccc(CN)cc2)cc1.